The van der Waals surface area contributed by atoms with E-state index in [0.29, 0.717) is 18.5 Å². The van der Waals surface area contributed by atoms with Crippen molar-refractivity contribution < 1.29 is 4.79 Å². The molecule has 1 aliphatic rings. The Hall–Kier alpha value is -2.14. The molecule has 5 nitrogen and oxygen atoms in total. The summed E-state index contributed by atoms with van der Waals surface area (Å²) in [7, 11) is 6.04. The third-order valence-electron chi connectivity index (χ3n) is 4.84. The molecule has 1 aromatic heterocycles. The van der Waals surface area contributed by atoms with Crippen molar-refractivity contribution in [3.63, 3.8) is 0 Å². The zero-order valence-corrected chi connectivity index (χ0v) is 14.6. The molecule has 128 valence electrons. The van der Waals surface area contributed by atoms with Crippen molar-refractivity contribution in [3.05, 3.63) is 53.9 Å². The van der Waals surface area contributed by atoms with Gasteiger partial charge >= 0.3 is 0 Å². The van der Waals surface area contributed by atoms with Crippen LogP contribution in [0.15, 0.2) is 42.7 Å². The summed E-state index contributed by atoms with van der Waals surface area (Å²) < 4.78 is 1.80. The van der Waals surface area contributed by atoms with Crippen molar-refractivity contribution >= 4 is 5.91 Å². The summed E-state index contributed by atoms with van der Waals surface area (Å²) in [4.78, 5) is 14.6. The van der Waals surface area contributed by atoms with Crippen LogP contribution in [0.25, 0.3) is 0 Å². The van der Waals surface area contributed by atoms with Crippen LogP contribution in [0.2, 0.25) is 0 Å². The second kappa shape index (κ2) is 7.18. The molecule has 0 spiro atoms. The van der Waals surface area contributed by atoms with Crippen LogP contribution in [0.5, 0.6) is 0 Å². The lowest BCUT2D eigenvalue weighted by atomic mass is 10.1. The summed E-state index contributed by atoms with van der Waals surface area (Å²) in [5.41, 5.74) is 2.47. The molecule has 1 amide bonds. The van der Waals surface area contributed by atoms with Gasteiger partial charge in [-0.3, -0.25) is 9.48 Å². The number of likely N-dealkylation sites (N-methyl/N-ethyl adjacent to an activating group) is 1. The first-order chi connectivity index (χ1) is 11.5. The van der Waals surface area contributed by atoms with E-state index in [9.17, 15) is 4.79 Å². The molecule has 0 aliphatic heterocycles. The molecular weight excluding hydrogens is 300 g/mol. The molecule has 1 aliphatic carbocycles. The van der Waals surface area contributed by atoms with Gasteiger partial charge in [-0.2, -0.15) is 5.10 Å². The lowest BCUT2D eigenvalue weighted by molar-refractivity contribution is -0.122. The van der Waals surface area contributed by atoms with Crippen molar-refractivity contribution in [3.8, 4) is 0 Å². The van der Waals surface area contributed by atoms with Crippen molar-refractivity contribution in [1.82, 2.24) is 20.0 Å². The van der Waals surface area contributed by atoms with Gasteiger partial charge in [0.1, 0.15) is 0 Å². The highest BCUT2D eigenvalue weighted by Crippen LogP contribution is 2.47. The monoisotopic (exact) mass is 326 g/mol. The minimum atomic E-state index is 0.105. The number of carbonyl (C=O) groups is 1. The number of nitrogens with one attached hydrogen (secondary N) is 1. The largest absolute Gasteiger partial charge is 0.354 e. The summed E-state index contributed by atoms with van der Waals surface area (Å²) in [5.74, 6) is 0.614. The van der Waals surface area contributed by atoms with Crippen LogP contribution in [0.4, 0.5) is 0 Å². The number of hydrogen-bond donors (Lipinski definition) is 1. The number of hydrogen-bond acceptors (Lipinski definition) is 3. The average Bonchev–Trinajstić information content (AvgIpc) is 3.26. The highest BCUT2D eigenvalue weighted by atomic mass is 16.2. The molecule has 0 saturated heterocycles. The van der Waals surface area contributed by atoms with E-state index in [-0.39, 0.29) is 11.8 Å². The van der Waals surface area contributed by atoms with Crippen LogP contribution in [0, 0.1) is 5.92 Å². The van der Waals surface area contributed by atoms with Crippen molar-refractivity contribution in [2.24, 2.45) is 13.0 Å². The van der Waals surface area contributed by atoms with Gasteiger partial charge in [0.25, 0.3) is 0 Å². The van der Waals surface area contributed by atoms with Crippen molar-refractivity contribution in [2.45, 2.75) is 24.8 Å². The zero-order chi connectivity index (χ0) is 17.1. The fourth-order valence-electron chi connectivity index (χ4n) is 3.16. The fraction of sp³-hybridized carbons (Fsp3) is 0.474. The summed E-state index contributed by atoms with van der Waals surface area (Å²) in [6.45, 7) is 0.678. The first-order valence-corrected chi connectivity index (χ1v) is 8.51. The summed E-state index contributed by atoms with van der Waals surface area (Å²) in [6, 6.07) is 10.7. The number of benzene rings is 1. The Bertz CT molecular complexity index is 680. The van der Waals surface area contributed by atoms with Gasteiger partial charge in [0.05, 0.1) is 6.20 Å². The first kappa shape index (κ1) is 16.7. The first-order valence-electron chi connectivity index (χ1n) is 8.51. The van der Waals surface area contributed by atoms with Crippen molar-refractivity contribution in [2.75, 3.05) is 20.6 Å². The molecule has 3 atom stereocenters. The molecule has 1 N–H and O–H groups in total. The van der Waals surface area contributed by atoms with Gasteiger partial charge in [0.2, 0.25) is 5.91 Å². The van der Waals surface area contributed by atoms with E-state index in [2.05, 4.69) is 53.7 Å². The van der Waals surface area contributed by atoms with Crippen LogP contribution < -0.4 is 5.32 Å². The van der Waals surface area contributed by atoms with Gasteiger partial charge in [-0.1, -0.05) is 30.3 Å². The van der Waals surface area contributed by atoms with Gasteiger partial charge in [-0.25, -0.2) is 0 Å². The van der Waals surface area contributed by atoms with E-state index in [1.165, 1.54) is 11.1 Å². The minimum absolute atomic E-state index is 0.105. The number of aromatic nitrogens is 2. The lowest BCUT2D eigenvalue weighted by Crippen LogP contribution is -2.42. The molecule has 2 aromatic rings. The van der Waals surface area contributed by atoms with E-state index in [1.807, 2.05) is 25.5 Å². The maximum Gasteiger partial charge on any atom is 0.223 e. The van der Waals surface area contributed by atoms with Crippen LogP contribution >= 0.6 is 0 Å². The number of amides is 1. The Morgan fingerprint density at radius 1 is 1.38 bits per heavy atom. The van der Waals surface area contributed by atoms with Gasteiger partial charge in [-0.05, 0) is 44.0 Å². The van der Waals surface area contributed by atoms with Gasteiger partial charge in [0.15, 0.2) is 0 Å². The number of carbonyl (C=O) groups excluding carboxylic acids is 1. The molecule has 0 unspecified atom stereocenters. The molecule has 1 saturated carbocycles. The summed E-state index contributed by atoms with van der Waals surface area (Å²) in [5, 5.41) is 7.34. The third-order valence-corrected chi connectivity index (χ3v) is 4.84. The standard InChI is InChI=1S/C19H26N4O/c1-22(2)16(9-14-7-5-4-6-8-14)12-20-19(24)18-10-17(18)15-11-21-23(3)13-15/h4-8,11,13,16-18H,9-10,12H2,1-3H3,(H,20,24)/t16-,17+,18-/m1/s1. The predicted molar refractivity (Wildman–Crippen MR) is 94.7 cm³/mol. The summed E-state index contributed by atoms with van der Waals surface area (Å²) in [6.07, 6.45) is 5.75. The minimum Gasteiger partial charge on any atom is -0.354 e. The zero-order valence-electron chi connectivity index (χ0n) is 14.6. The number of nitrogens with zero attached hydrogens (tertiary/aromatic N) is 3. The van der Waals surface area contributed by atoms with E-state index in [0.717, 1.165) is 12.8 Å². The van der Waals surface area contributed by atoms with Crippen LogP contribution in [-0.4, -0.2) is 47.3 Å². The van der Waals surface area contributed by atoms with E-state index in [4.69, 9.17) is 0 Å². The Morgan fingerprint density at radius 3 is 2.75 bits per heavy atom. The number of aryl methyl sites for hydroxylation is 1. The SMILES string of the molecule is CN(C)[C@@H](CNC(=O)[C@@H]1C[C@H]1c1cnn(C)c1)Cc1ccccc1. The number of rotatable bonds is 7. The maximum absolute atomic E-state index is 12.4. The molecular formula is C19H26N4O. The molecule has 0 radical (unpaired) electrons. The second-order valence-corrected chi connectivity index (χ2v) is 6.95. The topological polar surface area (TPSA) is 50.2 Å². The molecule has 24 heavy (non-hydrogen) atoms. The van der Waals surface area contributed by atoms with E-state index >= 15 is 0 Å². The highest BCUT2D eigenvalue weighted by Gasteiger charge is 2.44. The second-order valence-electron chi connectivity index (χ2n) is 6.95. The molecule has 1 fully saturated rings. The van der Waals surface area contributed by atoms with E-state index in [1.54, 1.807) is 4.68 Å². The smallest absolute Gasteiger partial charge is 0.223 e. The normalized spacial score (nSPS) is 20.8. The summed E-state index contributed by atoms with van der Waals surface area (Å²) >= 11 is 0. The Balaban J connectivity index is 1.51. The third kappa shape index (κ3) is 4.03. The average molecular weight is 326 g/mol. The molecule has 0 bridgehead atoms. The van der Waals surface area contributed by atoms with Crippen molar-refractivity contribution in [1.29, 1.82) is 0 Å². The van der Waals surface area contributed by atoms with Gasteiger partial charge in [0, 0.05) is 31.7 Å². The molecule has 5 heteroatoms. The molecule has 1 heterocycles. The van der Waals surface area contributed by atoms with Crippen LogP contribution in [0.1, 0.15) is 23.5 Å². The molecule has 3 rings (SSSR count). The Morgan fingerprint density at radius 2 is 2.12 bits per heavy atom. The highest BCUT2D eigenvalue weighted by molar-refractivity contribution is 5.82. The predicted octanol–water partition coefficient (Wildman–Crippen LogP) is 1.81. The van der Waals surface area contributed by atoms with Crippen LogP contribution in [-0.2, 0) is 18.3 Å². The Kier molecular flexibility index (Phi) is 5.00. The van der Waals surface area contributed by atoms with Gasteiger partial charge in [-0.15, -0.1) is 0 Å². The Labute approximate surface area is 143 Å². The van der Waals surface area contributed by atoms with E-state index < -0.39 is 0 Å². The quantitative estimate of drug-likeness (QED) is 0.844. The lowest BCUT2D eigenvalue weighted by Gasteiger charge is -2.25. The molecule has 1 aromatic carbocycles. The fourth-order valence-corrected chi connectivity index (χ4v) is 3.16. The maximum atomic E-state index is 12.4. The van der Waals surface area contributed by atoms with Crippen LogP contribution in [0.3, 0.4) is 0 Å². The van der Waals surface area contributed by atoms with Gasteiger partial charge < -0.3 is 10.2 Å².